The molecule has 1 aromatic carbocycles. The lowest BCUT2D eigenvalue weighted by molar-refractivity contribution is 0.288. The standard InChI is InChI=1S/C23H31N3O3S/c1-6-14(4)11-17-15(5)30-23-21(17)22(27)25-20(26-23)13-24-16-9-10-18(28-7-2)19(12-16)29-8-3/h9-10,12,14,24H,6-8,11,13H2,1-5H3,(H,25,26,27)/t14-/m1/s1. The Bertz CT molecular complexity index is 1060. The fraction of sp³-hybridized carbons (Fsp3) is 0.478. The number of rotatable bonds is 10. The first kappa shape index (κ1) is 22.2. The van der Waals surface area contributed by atoms with E-state index in [-0.39, 0.29) is 5.56 Å². The van der Waals surface area contributed by atoms with Crippen molar-refractivity contribution in [1.82, 2.24) is 9.97 Å². The first-order valence-electron chi connectivity index (χ1n) is 10.6. The van der Waals surface area contributed by atoms with Gasteiger partial charge in [-0.2, -0.15) is 0 Å². The molecule has 0 spiro atoms. The summed E-state index contributed by atoms with van der Waals surface area (Å²) in [5, 5.41) is 4.07. The second-order valence-electron chi connectivity index (χ2n) is 7.43. The summed E-state index contributed by atoms with van der Waals surface area (Å²) in [5.41, 5.74) is 1.97. The molecule has 0 amide bonds. The van der Waals surface area contributed by atoms with Crippen molar-refractivity contribution in [1.29, 1.82) is 0 Å². The number of ether oxygens (including phenoxy) is 2. The molecule has 0 aliphatic rings. The van der Waals surface area contributed by atoms with Gasteiger partial charge in [0, 0.05) is 16.6 Å². The molecule has 0 unspecified atom stereocenters. The maximum Gasteiger partial charge on any atom is 0.259 e. The molecule has 0 bridgehead atoms. The van der Waals surface area contributed by atoms with Gasteiger partial charge < -0.3 is 19.8 Å². The third-order valence-corrected chi connectivity index (χ3v) is 6.21. The summed E-state index contributed by atoms with van der Waals surface area (Å²) in [6.07, 6.45) is 2.01. The van der Waals surface area contributed by atoms with E-state index >= 15 is 0 Å². The lowest BCUT2D eigenvalue weighted by Gasteiger charge is -2.13. The molecule has 3 aromatic rings. The fourth-order valence-corrected chi connectivity index (χ4v) is 4.46. The van der Waals surface area contributed by atoms with Crippen molar-refractivity contribution in [3.8, 4) is 11.5 Å². The van der Waals surface area contributed by atoms with E-state index in [9.17, 15) is 4.79 Å². The molecule has 2 aromatic heterocycles. The highest BCUT2D eigenvalue weighted by Gasteiger charge is 2.17. The van der Waals surface area contributed by atoms with Crippen LogP contribution in [-0.2, 0) is 13.0 Å². The number of H-pyrrole nitrogens is 1. The summed E-state index contributed by atoms with van der Waals surface area (Å²) in [6.45, 7) is 11.9. The van der Waals surface area contributed by atoms with Crippen LogP contribution < -0.4 is 20.3 Å². The summed E-state index contributed by atoms with van der Waals surface area (Å²) in [4.78, 5) is 22.5. The first-order valence-corrected chi connectivity index (χ1v) is 11.4. The molecule has 162 valence electrons. The molecule has 0 saturated heterocycles. The maximum atomic E-state index is 12.8. The number of aromatic amines is 1. The van der Waals surface area contributed by atoms with Crippen molar-refractivity contribution >= 4 is 27.2 Å². The number of fused-ring (bicyclic) bond motifs is 1. The lowest BCUT2D eigenvalue weighted by Crippen LogP contribution is -2.15. The highest BCUT2D eigenvalue weighted by Crippen LogP contribution is 2.31. The third kappa shape index (κ3) is 4.95. The van der Waals surface area contributed by atoms with Crippen LogP contribution in [0.4, 0.5) is 5.69 Å². The molecule has 0 radical (unpaired) electrons. The van der Waals surface area contributed by atoms with Crippen molar-refractivity contribution in [2.24, 2.45) is 5.92 Å². The molecule has 0 aliphatic heterocycles. The van der Waals surface area contributed by atoms with Crippen LogP contribution in [0.3, 0.4) is 0 Å². The van der Waals surface area contributed by atoms with Crippen LogP contribution in [0.5, 0.6) is 11.5 Å². The molecule has 2 N–H and O–H groups in total. The van der Waals surface area contributed by atoms with E-state index in [2.05, 4.69) is 31.1 Å². The maximum absolute atomic E-state index is 12.8. The minimum Gasteiger partial charge on any atom is -0.490 e. The third-order valence-electron chi connectivity index (χ3n) is 5.16. The molecule has 6 nitrogen and oxygen atoms in total. The number of hydrogen-bond donors (Lipinski definition) is 2. The van der Waals surface area contributed by atoms with Crippen LogP contribution in [0.15, 0.2) is 23.0 Å². The molecule has 0 aliphatic carbocycles. The minimum absolute atomic E-state index is 0.0545. The van der Waals surface area contributed by atoms with E-state index in [1.807, 2.05) is 32.0 Å². The SMILES string of the molecule is CCOc1ccc(NCc2nc3sc(C)c(C[C@H](C)CC)c3c(=O)[nH]2)cc1OCC. The Morgan fingerprint density at radius 2 is 1.90 bits per heavy atom. The number of aromatic nitrogens is 2. The van der Waals surface area contributed by atoms with E-state index in [1.165, 1.54) is 4.88 Å². The Morgan fingerprint density at radius 3 is 2.60 bits per heavy atom. The topological polar surface area (TPSA) is 76.2 Å². The van der Waals surface area contributed by atoms with E-state index in [0.29, 0.717) is 37.3 Å². The van der Waals surface area contributed by atoms with Gasteiger partial charge in [-0.05, 0) is 50.8 Å². The average Bonchev–Trinajstić information content (AvgIpc) is 3.03. The van der Waals surface area contributed by atoms with E-state index in [1.54, 1.807) is 11.3 Å². The van der Waals surface area contributed by atoms with Crippen LogP contribution in [0.2, 0.25) is 0 Å². The number of aryl methyl sites for hydroxylation is 1. The van der Waals surface area contributed by atoms with Gasteiger partial charge in [-0.25, -0.2) is 4.98 Å². The predicted octanol–water partition coefficient (Wildman–Crippen LogP) is 5.29. The molecule has 7 heteroatoms. The van der Waals surface area contributed by atoms with Crippen molar-refractivity contribution in [2.45, 2.75) is 54.0 Å². The van der Waals surface area contributed by atoms with Gasteiger partial charge in [0.25, 0.3) is 5.56 Å². The summed E-state index contributed by atoms with van der Waals surface area (Å²) in [6, 6.07) is 5.73. The Balaban J connectivity index is 1.82. The molecular weight excluding hydrogens is 398 g/mol. The summed E-state index contributed by atoms with van der Waals surface area (Å²) < 4.78 is 11.3. The number of nitrogens with one attached hydrogen (secondary N) is 2. The van der Waals surface area contributed by atoms with E-state index in [4.69, 9.17) is 14.5 Å². The van der Waals surface area contributed by atoms with Gasteiger partial charge >= 0.3 is 0 Å². The van der Waals surface area contributed by atoms with Gasteiger partial charge in [0.05, 0.1) is 25.1 Å². The van der Waals surface area contributed by atoms with Crippen molar-refractivity contribution in [2.75, 3.05) is 18.5 Å². The van der Waals surface area contributed by atoms with Gasteiger partial charge in [-0.1, -0.05) is 20.3 Å². The van der Waals surface area contributed by atoms with Crippen LogP contribution in [0.1, 0.15) is 50.4 Å². The van der Waals surface area contributed by atoms with Gasteiger partial charge in [0.2, 0.25) is 0 Å². The number of thiophene rings is 1. The quantitative estimate of drug-likeness (QED) is 0.458. The Morgan fingerprint density at radius 1 is 1.17 bits per heavy atom. The van der Waals surface area contributed by atoms with Crippen molar-refractivity contribution in [3.05, 3.63) is 44.8 Å². The lowest BCUT2D eigenvalue weighted by atomic mass is 9.98. The van der Waals surface area contributed by atoms with Gasteiger partial charge in [-0.3, -0.25) is 4.79 Å². The highest BCUT2D eigenvalue weighted by molar-refractivity contribution is 7.18. The van der Waals surface area contributed by atoms with E-state index in [0.717, 1.165) is 40.1 Å². The normalized spacial score (nSPS) is 12.2. The molecule has 2 heterocycles. The average molecular weight is 430 g/mol. The van der Waals surface area contributed by atoms with Crippen molar-refractivity contribution < 1.29 is 9.47 Å². The molecule has 0 fully saturated rings. The zero-order chi connectivity index (χ0) is 21.7. The molecular formula is C23H31N3O3S. The van der Waals surface area contributed by atoms with Crippen LogP contribution >= 0.6 is 11.3 Å². The fourth-order valence-electron chi connectivity index (χ4n) is 3.39. The van der Waals surface area contributed by atoms with Gasteiger partial charge in [0.15, 0.2) is 11.5 Å². The smallest absolute Gasteiger partial charge is 0.259 e. The Kier molecular flexibility index (Phi) is 7.37. The number of hydrogen-bond acceptors (Lipinski definition) is 6. The number of benzene rings is 1. The monoisotopic (exact) mass is 429 g/mol. The largest absolute Gasteiger partial charge is 0.490 e. The second kappa shape index (κ2) is 9.98. The van der Waals surface area contributed by atoms with Gasteiger partial charge in [0.1, 0.15) is 10.7 Å². The number of anilines is 1. The summed E-state index contributed by atoms with van der Waals surface area (Å²) >= 11 is 1.60. The van der Waals surface area contributed by atoms with E-state index < -0.39 is 0 Å². The van der Waals surface area contributed by atoms with Crippen LogP contribution in [0.25, 0.3) is 10.2 Å². The van der Waals surface area contributed by atoms with Crippen LogP contribution in [0, 0.1) is 12.8 Å². The molecule has 1 atom stereocenters. The molecule has 30 heavy (non-hydrogen) atoms. The zero-order valence-electron chi connectivity index (χ0n) is 18.4. The first-order chi connectivity index (χ1) is 14.5. The number of nitrogens with zero attached hydrogens (tertiary/aromatic N) is 1. The minimum atomic E-state index is -0.0545. The predicted molar refractivity (Wildman–Crippen MR) is 124 cm³/mol. The van der Waals surface area contributed by atoms with Gasteiger partial charge in [-0.15, -0.1) is 11.3 Å². The van der Waals surface area contributed by atoms with Crippen LogP contribution in [-0.4, -0.2) is 23.2 Å². The molecule has 0 saturated carbocycles. The Labute approximate surface area is 181 Å². The molecule has 3 rings (SSSR count). The Hall–Kier alpha value is -2.54. The zero-order valence-corrected chi connectivity index (χ0v) is 19.2. The highest BCUT2D eigenvalue weighted by atomic mass is 32.1. The second-order valence-corrected chi connectivity index (χ2v) is 8.63. The van der Waals surface area contributed by atoms with Crippen molar-refractivity contribution in [3.63, 3.8) is 0 Å². The summed E-state index contributed by atoms with van der Waals surface area (Å²) in [7, 11) is 0. The summed E-state index contributed by atoms with van der Waals surface area (Å²) in [5.74, 6) is 2.59.